The minimum Gasteiger partial charge on any atom is -0.295 e. The van der Waals surface area contributed by atoms with Crippen LogP contribution in [0.4, 0.5) is 0 Å². The molecule has 1 saturated heterocycles. The molecule has 1 heterocycles. The molecule has 0 bridgehead atoms. The van der Waals surface area contributed by atoms with E-state index in [1.165, 1.54) is 32.2 Å². The van der Waals surface area contributed by atoms with Crippen LogP contribution >= 0.6 is 0 Å². The molecule has 2 fully saturated rings. The van der Waals surface area contributed by atoms with Gasteiger partial charge >= 0.3 is 0 Å². The van der Waals surface area contributed by atoms with Gasteiger partial charge in [0, 0.05) is 11.6 Å². The van der Waals surface area contributed by atoms with Gasteiger partial charge in [0.05, 0.1) is 0 Å². The van der Waals surface area contributed by atoms with Crippen molar-refractivity contribution in [3.63, 3.8) is 0 Å². The zero-order chi connectivity index (χ0) is 8.77. The summed E-state index contributed by atoms with van der Waals surface area (Å²) in [6, 6.07) is 0.764. The Morgan fingerprint density at radius 1 is 1.33 bits per heavy atom. The van der Waals surface area contributed by atoms with Gasteiger partial charge in [-0.3, -0.25) is 4.90 Å². The smallest absolute Gasteiger partial charge is 0.0216 e. The van der Waals surface area contributed by atoms with Crippen LogP contribution < -0.4 is 0 Å². The van der Waals surface area contributed by atoms with E-state index in [1.54, 1.807) is 0 Å². The summed E-state index contributed by atoms with van der Waals surface area (Å²) in [5.74, 6) is 0.975. The molecule has 1 aliphatic carbocycles. The first-order valence-electron chi connectivity index (χ1n) is 5.41. The number of hydrogen-bond acceptors (Lipinski definition) is 1. The van der Waals surface area contributed by atoms with Gasteiger partial charge in [0.1, 0.15) is 0 Å². The van der Waals surface area contributed by atoms with Crippen molar-refractivity contribution in [2.45, 2.75) is 58.0 Å². The molecule has 1 aliphatic heterocycles. The number of rotatable bonds is 1. The van der Waals surface area contributed by atoms with E-state index in [0.717, 1.165) is 12.0 Å². The number of likely N-dealkylation sites (tertiary alicyclic amines) is 1. The summed E-state index contributed by atoms with van der Waals surface area (Å²) in [6.45, 7) is 8.45. The van der Waals surface area contributed by atoms with E-state index in [4.69, 9.17) is 0 Å². The van der Waals surface area contributed by atoms with E-state index in [0.29, 0.717) is 5.54 Å². The Labute approximate surface area is 76.1 Å². The average molecular weight is 167 g/mol. The maximum absolute atomic E-state index is 2.74. The molecule has 2 aliphatic rings. The fourth-order valence-corrected chi connectivity index (χ4v) is 2.91. The zero-order valence-corrected chi connectivity index (χ0v) is 8.64. The van der Waals surface area contributed by atoms with Crippen LogP contribution in [0, 0.1) is 5.92 Å². The summed E-state index contributed by atoms with van der Waals surface area (Å²) in [4.78, 5) is 2.74. The fraction of sp³-hybridized carbons (Fsp3) is 1.00. The van der Waals surface area contributed by atoms with Gasteiger partial charge in [-0.15, -0.1) is 0 Å². The first kappa shape index (κ1) is 8.55. The van der Waals surface area contributed by atoms with E-state index in [1.807, 2.05) is 0 Å². The first-order chi connectivity index (χ1) is 5.64. The van der Waals surface area contributed by atoms with Crippen molar-refractivity contribution in [1.82, 2.24) is 4.90 Å². The van der Waals surface area contributed by atoms with Crippen molar-refractivity contribution in [1.29, 1.82) is 0 Å². The van der Waals surface area contributed by atoms with Crippen molar-refractivity contribution in [3.8, 4) is 0 Å². The quantitative estimate of drug-likeness (QED) is 0.580. The summed E-state index contributed by atoms with van der Waals surface area (Å²) in [7, 11) is 0. The lowest BCUT2D eigenvalue weighted by Gasteiger charge is -2.41. The molecule has 1 spiro atoms. The van der Waals surface area contributed by atoms with Crippen molar-refractivity contribution >= 4 is 0 Å². The molecule has 1 nitrogen and oxygen atoms in total. The summed E-state index contributed by atoms with van der Waals surface area (Å²) in [6.07, 6.45) is 5.82. The molecule has 1 saturated carbocycles. The maximum atomic E-state index is 2.74. The average Bonchev–Trinajstić information content (AvgIpc) is 2.68. The molecule has 1 atom stereocenters. The van der Waals surface area contributed by atoms with Gasteiger partial charge < -0.3 is 0 Å². The Morgan fingerprint density at radius 3 is 2.50 bits per heavy atom. The van der Waals surface area contributed by atoms with Gasteiger partial charge in [0.2, 0.25) is 0 Å². The summed E-state index contributed by atoms with van der Waals surface area (Å²) >= 11 is 0. The summed E-state index contributed by atoms with van der Waals surface area (Å²) in [5.41, 5.74) is 0.672. The van der Waals surface area contributed by atoms with Crippen LogP contribution in [0.5, 0.6) is 0 Å². The van der Waals surface area contributed by atoms with E-state index >= 15 is 0 Å². The van der Waals surface area contributed by atoms with Crippen LogP contribution in [0.2, 0.25) is 0 Å². The van der Waals surface area contributed by atoms with Gasteiger partial charge in [-0.05, 0) is 52.0 Å². The van der Waals surface area contributed by atoms with Gasteiger partial charge in [-0.1, -0.05) is 6.92 Å². The van der Waals surface area contributed by atoms with Crippen LogP contribution in [0.25, 0.3) is 0 Å². The summed E-state index contributed by atoms with van der Waals surface area (Å²) in [5, 5.41) is 0. The predicted octanol–water partition coefficient (Wildman–Crippen LogP) is 2.66. The predicted molar refractivity (Wildman–Crippen MR) is 52.2 cm³/mol. The molecule has 1 unspecified atom stereocenters. The van der Waals surface area contributed by atoms with Crippen molar-refractivity contribution in [3.05, 3.63) is 0 Å². The second kappa shape index (κ2) is 2.73. The molecule has 0 aromatic rings. The standard InChI is InChI=1S/C11H21N/c1-9(2)12-7-4-10(3)8-11(12)5-6-11/h9-10H,4-8H2,1-3H3. The molecule has 70 valence electrons. The number of hydrogen-bond donors (Lipinski definition) is 0. The minimum absolute atomic E-state index is 0.672. The van der Waals surface area contributed by atoms with Crippen LogP contribution in [-0.2, 0) is 0 Å². The van der Waals surface area contributed by atoms with Crippen LogP contribution in [-0.4, -0.2) is 23.0 Å². The van der Waals surface area contributed by atoms with Gasteiger partial charge in [-0.2, -0.15) is 0 Å². The van der Waals surface area contributed by atoms with Crippen LogP contribution in [0.1, 0.15) is 46.5 Å². The Bertz CT molecular complexity index is 170. The highest BCUT2D eigenvalue weighted by Crippen LogP contribution is 2.50. The molecular formula is C11H21N. The third-order valence-corrected chi connectivity index (χ3v) is 3.65. The largest absolute Gasteiger partial charge is 0.295 e. The topological polar surface area (TPSA) is 3.24 Å². The highest BCUT2D eigenvalue weighted by atomic mass is 15.3. The normalized spacial score (nSPS) is 34.5. The number of piperidine rings is 1. The van der Waals surface area contributed by atoms with E-state index in [9.17, 15) is 0 Å². The maximum Gasteiger partial charge on any atom is 0.0216 e. The SMILES string of the molecule is CC1CCN(C(C)C)C2(CC2)C1. The first-order valence-corrected chi connectivity index (χ1v) is 5.41. The minimum atomic E-state index is 0.672. The molecule has 0 amide bonds. The Balaban J connectivity index is 2.05. The third kappa shape index (κ3) is 1.28. The van der Waals surface area contributed by atoms with Crippen LogP contribution in [0.3, 0.4) is 0 Å². The lowest BCUT2D eigenvalue weighted by molar-refractivity contribution is 0.0693. The fourth-order valence-electron chi connectivity index (χ4n) is 2.91. The molecule has 1 heteroatoms. The van der Waals surface area contributed by atoms with Gasteiger partial charge in [0.15, 0.2) is 0 Å². The molecule has 12 heavy (non-hydrogen) atoms. The second-order valence-corrected chi connectivity index (χ2v) is 5.11. The number of nitrogens with zero attached hydrogens (tertiary/aromatic N) is 1. The molecule has 0 aromatic heterocycles. The van der Waals surface area contributed by atoms with E-state index in [-0.39, 0.29) is 0 Å². The molecule has 0 N–H and O–H groups in total. The molecule has 0 radical (unpaired) electrons. The Kier molecular flexibility index (Phi) is 1.95. The second-order valence-electron chi connectivity index (χ2n) is 5.11. The third-order valence-electron chi connectivity index (χ3n) is 3.65. The summed E-state index contributed by atoms with van der Waals surface area (Å²) < 4.78 is 0. The van der Waals surface area contributed by atoms with E-state index < -0.39 is 0 Å². The van der Waals surface area contributed by atoms with Crippen LogP contribution in [0.15, 0.2) is 0 Å². The Morgan fingerprint density at radius 2 is 2.00 bits per heavy atom. The van der Waals surface area contributed by atoms with Gasteiger partial charge in [0.25, 0.3) is 0 Å². The molecule has 2 rings (SSSR count). The Hall–Kier alpha value is -0.0400. The van der Waals surface area contributed by atoms with Crippen molar-refractivity contribution in [2.75, 3.05) is 6.54 Å². The highest BCUT2D eigenvalue weighted by molar-refractivity contribution is 5.07. The van der Waals surface area contributed by atoms with Crippen molar-refractivity contribution < 1.29 is 0 Å². The zero-order valence-electron chi connectivity index (χ0n) is 8.64. The highest BCUT2D eigenvalue weighted by Gasteiger charge is 2.50. The molecular weight excluding hydrogens is 146 g/mol. The van der Waals surface area contributed by atoms with Crippen molar-refractivity contribution in [2.24, 2.45) is 5.92 Å². The lowest BCUT2D eigenvalue weighted by Crippen LogP contribution is -2.47. The lowest BCUT2D eigenvalue weighted by atomic mass is 9.89. The van der Waals surface area contributed by atoms with Gasteiger partial charge in [-0.25, -0.2) is 0 Å². The molecule has 0 aromatic carbocycles. The monoisotopic (exact) mass is 167 g/mol. The van der Waals surface area contributed by atoms with E-state index in [2.05, 4.69) is 25.7 Å².